The second-order valence-electron chi connectivity index (χ2n) is 6.37. The van der Waals surface area contributed by atoms with Gasteiger partial charge in [-0.05, 0) is 24.3 Å². The first-order chi connectivity index (χ1) is 12.4. The van der Waals surface area contributed by atoms with Crippen molar-refractivity contribution >= 4 is 50.7 Å². The summed E-state index contributed by atoms with van der Waals surface area (Å²) in [5.74, 6) is 0.0758. The molecule has 26 heavy (non-hydrogen) atoms. The van der Waals surface area contributed by atoms with E-state index >= 15 is 0 Å². The van der Waals surface area contributed by atoms with Gasteiger partial charge < -0.3 is 9.80 Å². The molecule has 0 fully saturated rings. The average Bonchev–Trinajstić information content (AvgIpc) is 2.99. The molecular weight excluding hydrogens is 389 g/mol. The van der Waals surface area contributed by atoms with E-state index in [9.17, 15) is 4.79 Å². The number of para-hydroxylation sites is 1. The van der Waals surface area contributed by atoms with Gasteiger partial charge in [-0.3, -0.25) is 4.79 Å². The molecule has 1 atom stereocenters. The standard InChI is InChI=1S/C19H19Cl2N3OS/c1-23(10-13-7-8-14(20)9-15(13)21)12-19(25)24(2)11-18-22-16-5-3-4-6-17(16)26-18/h3-9H,10-12H2,1-2H3/p+1. The Balaban J connectivity index is 1.57. The van der Waals surface area contributed by atoms with E-state index in [2.05, 4.69) is 4.98 Å². The van der Waals surface area contributed by atoms with Gasteiger partial charge in [-0.25, -0.2) is 4.98 Å². The zero-order valence-corrected chi connectivity index (χ0v) is 17.0. The number of aromatic nitrogens is 1. The fraction of sp³-hybridized carbons (Fsp3) is 0.263. The largest absolute Gasteiger partial charge is 0.334 e. The highest BCUT2D eigenvalue weighted by Gasteiger charge is 2.17. The lowest BCUT2D eigenvalue weighted by atomic mass is 10.2. The molecule has 0 bridgehead atoms. The minimum absolute atomic E-state index is 0.0758. The molecule has 0 aliphatic rings. The molecule has 1 amide bonds. The molecule has 0 aliphatic heterocycles. The number of fused-ring (bicyclic) bond motifs is 1. The molecule has 0 spiro atoms. The van der Waals surface area contributed by atoms with Gasteiger partial charge in [0.15, 0.2) is 6.54 Å². The number of nitrogens with one attached hydrogen (secondary N) is 1. The van der Waals surface area contributed by atoms with Gasteiger partial charge in [0.25, 0.3) is 5.91 Å². The number of thiazole rings is 1. The molecule has 3 aromatic rings. The lowest BCUT2D eigenvalue weighted by molar-refractivity contribution is -0.885. The summed E-state index contributed by atoms with van der Waals surface area (Å²) in [6.07, 6.45) is 0. The molecule has 2 aromatic carbocycles. The summed E-state index contributed by atoms with van der Waals surface area (Å²) >= 11 is 13.8. The molecular formula is C19H20Cl2N3OS+. The maximum atomic E-state index is 12.5. The zero-order valence-electron chi connectivity index (χ0n) is 14.6. The smallest absolute Gasteiger partial charge is 0.277 e. The minimum atomic E-state index is 0.0758. The SMILES string of the molecule is CN(Cc1nc2ccccc2s1)C(=O)C[NH+](C)Cc1ccc(Cl)cc1Cl. The maximum absolute atomic E-state index is 12.5. The number of hydrogen-bond acceptors (Lipinski definition) is 3. The van der Waals surface area contributed by atoms with Crippen LogP contribution in [0.15, 0.2) is 42.5 Å². The van der Waals surface area contributed by atoms with E-state index in [-0.39, 0.29) is 5.91 Å². The van der Waals surface area contributed by atoms with Crippen LogP contribution in [0, 0.1) is 0 Å². The monoisotopic (exact) mass is 408 g/mol. The van der Waals surface area contributed by atoms with Crippen LogP contribution in [0.2, 0.25) is 10.0 Å². The Bertz CT molecular complexity index is 895. The van der Waals surface area contributed by atoms with Crippen LogP contribution in [-0.4, -0.2) is 36.4 Å². The van der Waals surface area contributed by atoms with E-state index in [4.69, 9.17) is 23.2 Å². The number of halogens is 2. The molecule has 7 heteroatoms. The third kappa shape index (κ3) is 4.74. The number of quaternary nitrogens is 1. The van der Waals surface area contributed by atoms with Crippen molar-refractivity contribution in [1.82, 2.24) is 9.88 Å². The molecule has 1 heterocycles. The van der Waals surface area contributed by atoms with Crippen molar-refractivity contribution in [2.45, 2.75) is 13.1 Å². The van der Waals surface area contributed by atoms with Crippen molar-refractivity contribution in [3.8, 4) is 0 Å². The van der Waals surface area contributed by atoms with Gasteiger partial charge in [-0.2, -0.15) is 0 Å². The van der Waals surface area contributed by atoms with E-state index in [0.717, 1.165) is 25.7 Å². The van der Waals surface area contributed by atoms with E-state index in [1.165, 1.54) is 0 Å². The summed E-state index contributed by atoms with van der Waals surface area (Å²) < 4.78 is 1.14. The van der Waals surface area contributed by atoms with Gasteiger partial charge in [0.05, 0.1) is 28.8 Å². The normalized spacial score (nSPS) is 12.3. The fourth-order valence-corrected chi connectivity index (χ4v) is 4.22. The molecule has 0 saturated heterocycles. The number of carbonyl (C=O) groups is 1. The van der Waals surface area contributed by atoms with Crippen LogP contribution in [0.3, 0.4) is 0 Å². The minimum Gasteiger partial charge on any atom is -0.334 e. The van der Waals surface area contributed by atoms with Gasteiger partial charge in [0.1, 0.15) is 11.6 Å². The first-order valence-electron chi connectivity index (χ1n) is 8.26. The van der Waals surface area contributed by atoms with Crippen LogP contribution in [0.25, 0.3) is 10.2 Å². The number of benzene rings is 2. The lowest BCUT2D eigenvalue weighted by Crippen LogP contribution is -3.08. The number of hydrogen-bond donors (Lipinski definition) is 1. The second-order valence-corrected chi connectivity index (χ2v) is 8.33. The number of nitrogens with zero attached hydrogens (tertiary/aromatic N) is 2. The number of rotatable bonds is 6. The van der Waals surface area contributed by atoms with Crippen molar-refractivity contribution in [3.63, 3.8) is 0 Å². The molecule has 1 N–H and O–H groups in total. The predicted molar refractivity (Wildman–Crippen MR) is 108 cm³/mol. The molecule has 0 aliphatic carbocycles. The Hall–Kier alpha value is -1.66. The van der Waals surface area contributed by atoms with Crippen LogP contribution in [0.5, 0.6) is 0 Å². The highest BCUT2D eigenvalue weighted by Crippen LogP contribution is 2.22. The van der Waals surface area contributed by atoms with Crippen molar-refractivity contribution in [2.24, 2.45) is 0 Å². The first-order valence-corrected chi connectivity index (χ1v) is 9.83. The molecule has 0 saturated carbocycles. The summed E-state index contributed by atoms with van der Waals surface area (Å²) in [5.41, 5.74) is 1.96. The zero-order chi connectivity index (χ0) is 18.7. The van der Waals surface area contributed by atoms with Crippen LogP contribution >= 0.6 is 34.5 Å². The molecule has 0 radical (unpaired) electrons. The maximum Gasteiger partial charge on any atom is 0.277 e. The molecule has 136 valence electrons. The van der Waals surface area contributed by atoms with Crippen LogP contribution in [0.4, 0.5) is 0 Å². The van der Waals surface area contributed by atoms with E-state index in [0.29, 0.717) is 29.7 Å². The quantitative estimate of drug-likeness (QED) is 0.679. The van der Waals surface area contributed by atoms with E-state index in [1.807, 2.05) is 50.5 Å². The third-order valence-electron chi connectivity index (χ3n) is 4.10. The number of likely N-dealkylation sites (N-methyl/N-ethyl adjacent to an activating group) is 2. The molecule has 1 aromatic heterocycles. The summed E-state index contributed by atoms with van der Waals surface area (Å²) in [5, 5.41) is 2.19. The van der Waals surface area contributed by atoms with Gasteiger partial charge in [0, 0.05) is 17.6 Å². The molecule has 3 rings (SSSR count). The Labute approximate surface area is 167 Å². The summed E-state index contributed by atoms with van der Waals surface area (Å²) in [4.78, 5) is 19.9. The Morgan fingerprint density at radius 3 is 2.73 bits per heavy atom. The number of carbonyl (C=O) groups excluding carboxylic acids is 1. The van der Waals surface area contributed by atoms with Crippen molar-refractivity contribution in [3.05, 3.63) is 63.1 Å². The van der Waals surface area contributed by atoms with Crippen molar-refractivity contribution < 1.29 is 9.69 Å². The van der Waals surface area contributed by atoms with Crippen molar-refractivity contribution in [1.29, 1.82) is 0 Å². The Morgan fingerprint density at radius 1 is 1.23 bits per heavy atom. The summed E-state index contributed by atoms with van der Waals surface area (Å²) in [6, 6.07) is 13.5. The summed E-state index contributed by atoms with van der Waals surface area (Å²) in [7, 11) is 3.80. The van der Waals surface area contributed by atoms with E-state index in [1.54, 1.807) is 22.3 Å². The number of amides is 1. The molecule has 1 unspecified atom stereocenters. The third-order valence-corrected chi connectivity index (χ3v) is 5.70. The predicted octanol–water partition coefficient (Wildman–Crippen LogP) is 3.28. The van der Waals surface area contributed by atoms with Crippen molar-refractivity contribution in [2.75, 3.05) is 20.6 Å². The molecule has 4 nitrogen and oxygen atoms in total. The van der Waals surface area contributed by atoms with Gasteiger partial charge in [-0.15, -0.1) is 11.3 Å². The van der Waals surface area contributed by atoms with E-state index < -0.39 is 0 Å². The highest BCUT2D eigenvalue weighted by atomic mass is 35.5. The van der Waals surface area contributed by atoms with Gasteiger partial charge in [-0.1, -0.05) is 41.4 Å². The van der Waals surface area contributed by atoms with Crippen LogP contribution in [-0.2, 0) is 17.9 Å². The van der Waals surface area contributed by atoms with Gasteiger partial charge >= 0.3 is 0 Å². The topological polar surface area (TPSA) is 37.6 Å². The lowest BCUT2D eigenvalue weighted by Gasteiger charge is -2.19. The van der Waals surface area contributed by atoms with Crippen LogP contribution in [0.1, 0.15) is 10.6 Å². The Kier molecular flexibility index (Phi) is 6.14. The summed E-state index contributed by atoms with van der Waals surface area (Å²) in [6.45, 7) is 1.57. The Morgan fingerprint density at radius 2 is 2.00 bits per heavy atom. The van der Waals surface area contributed by atoms with Crippen LogP contribution < -0.4 is 4.90 Å². The highest BCUT2D eigenvalue weighted by molar-refractivity contribution is 7.18. The first kappa shape index (κ1) is 19.1. The average molecular weight is 409 g/mol. The fourth-order valence-electron chi connectivity index (χ4n) is 2.72. The van der Waals surface area contributed by atoms with Gasteiger partial charge in [0.2, 0.25) is 0 Å². The second kappa shape index (κ2) is 8.35.